The number of amidine groups is 1. The van der Waals surface area contributed by atoms with E-state index in [2.05, 4.69) is 5.32 Å². The molecule has 0 aromatic heterocycles. The molecule has 1 aliphatic heterocycles. The Kier molecular flexibility index (Phi) is 2.79. The summed E-state index contributed by atoms with van der Waals surface area (Å²) < 4.78 is 0. The van der Waals surface area contributed by atoms with E-state index in [0.29, 0.717) is 6.04 Å². The molecule has 0 aromatic rings. The van der Waals surface area contributed by atoms with Crippen LogP contribution in [-0.2, 0) is 0 Å². The molecule has 0 radical (unpaired) electrons. The summed E-state index contributed by atoms with van der Waals surface area (Å²) in [6, 6.07) is 0.475. The van der Waals surface area contributed by atoms with E-state index in [-0.39, 0.29) is 17.8 Å². The minimum atomic E-state index is 0.0551. The lowest BCUT2D eigenvalue weighted by Gasteiger charge is -2.31. The van der Waals surface area contributed by atoms with Crippen LogP contribution in [0, 0.1) is 11.3 Å². The number of carbonyl (C=O) groups excluding carboxylic acids is 1. The molecule has 0 atom stereocenters. The third-order valence-electron chi connectivity index (χ3n) is 3.13. The molecule has 0 unspecified atom stereocenters. The number of hydrogen-bond acceptors (Lipinski definition) is 2. The minimum absolute atomic E-state index is 0.0551. The van der Waals surface area contributed by atoms with Gasteiger partial charge in [-0.3, -0.25) is 5.41 Å². The molecule has 2 fully saturated rings. The van der Waals surface area contributed by atoms with E-state index in [0.717, 1.165) is 38.8 Å². The van der Waals surface area contributed by atoms with Gasteiger partial charge in [0.15, 0.2) is 0 Å². The molecule has 84 valence electrons. The number of rotatable bonds is 2. The maximum atomic E-state index is 11.7. The summed E-state index contributed by atoms with van der Waals surface area (Å²) in [5.41, 5.74) is 5.44. The van der Waals surface area contributed by atoms with Crippen LogP contribution in [0.15, 0.2) is 0 Å². The van der Waals surface area contributed by atoms with Crippen LogP contribution in [0.25, 0.3) is 0 Å². The highest BCUT2D eigenvalue weighted by atomic mass is 16.2. The van der Waals surface area contributed by atoms with Crippen molar-refractivity contribution >= 4 is 11.9 Å². The first-order valence-electron chi connectivity index (χ1n) is 5.56. The Balaban J connectivity index is 1.76. The van der Waals surface area contributed by atoms with Crippen molar-refractivity contribution in [3.8, 4) is 0 Å². The number of nitrogens with two attached hydrogens (primary N) is 1. The fraction of sp³-hybridized carbons (Fsp3) is 0.800. The Labute approximate surface area is 89.5 Å². The zero-order valence-electron chi connectivity index (χ0n) is 8.83. The van der Waals surface area contributed by atoms with Crippen molar-refractivity contribution in [2.45, 2.75) is 31.7 Å². The molecule has 4 N–H and O–H groups in total. The quantitative estimate of drug-likeness (QED) is 0.458. The van der Waals surface area contributed by atoms with Crippen LogP contribution in [0.2, 0.25) is 0 Å². The monoisotopic (exact) mass is 210 g/mol. The summed E-state index contributed by atoms with van der Waals surface area (Å²) in [5.74, 6) is 0.437. The Hall–Kier alpha value is -1.26. The van der Waals surface area contributed by atoms with Gasteiger partial charge in [-0.05, 0) is 25.7 Å². The second kappa shape index (κ2) is 4.08. The largest absolute Gasteiger partial charge is 0.387 e. The van der Waals surface area contributed by atoms with Crippen molar-refractivity contribution in [1.82, 2.24) is 10.2 Å². The maximum Gasteiger partial charge on any atom is 0.317 e. The Morgan fingerprint density at radius 3 is 2.33 bits per heavy atom. The molecule has 15 heavy (non-hydrogen) atoms. The van der Waals surface area contributed by atoms with Gasteiger partial charge in [-0.15, -0.1) is 0 Å². The normalized spacial score (nSPS) is 22.5. The first-order chi connectivity index (χ1) is 7.16. The van der Waals surface area contributed by atoms with Crippen LogP contribution in [0.1, 0.15) is 25.7 Å². The molecule has 2 amide bonds. The fourth-order valence-electron chi connectivity index (χ4n) is 1.89. The van der Waals surface area contributed by atoms with Crippen molar-refractivity contribution in [2.24, 2.45) is 11.7 Å². The second-order valence-corrected chi connectivity index (χ2v) is 4.44. The van der Waals surface area contributed by atoms with Crippen LogP contribution in [0.3, 0.4) is 0 Å². The highest BCUT2D eigenvalue weighted by Crippen LogP contribution is 2.21. The molecule has 1 saturated carbocycles. The van der Waals surface area contributed by atoms with Gasteiger partial charge in [0.1, 0.15) is 0 Å². The molecule has 2 rings (SSSR count). The van der Waals surface area contributed by atoms with Crippen molar-refractivity contribution in [1.29, 1.82) is 5.41 Å². The van der Waals surface area contributed by atoms with Crippen LogP contribution < -0.4 is 11.1 Å². The number of likely N-dealkylation sites (tertiary alicyclic amines) is 1. The van der Waals surface area contributed by atoms with Gasteiger partial charge < -0.3 is 16.0 Å². The van der Waals surface area contributed by atoms with Crippen LogP contribution in [0.5, 0.6) is 0 Å². The lowest BCUT2D eigenvalue weighted by atomic mass is 9.96. The molecule has 1 saturated heterocycles. The first kappa shape index (κ1) is 10.3. The lowest BCUT2D eigenvalue weighted by molar-refractivity contribution is 0.179. The van der Waals surface area contributed by atoms with Crippen LogP contribution in [0.4, 0.5) is 4.79 Å². The van der Waals surface area contributed by atoms with Gasteiger partial charge in [0.2, 0.25) is 0 Å². The Morgan fingerprint density at radius 1 is 1.27 bits per heavy atom. The van der Waals surface area contributed by atoms with Gasteiger partial charge in [-0.2, -0.15) is 0 Å². The van der Waals surface area contributed by atoms with Gasteiger partial charge in [0.25, 0.3) is 0 Å². The van der Waals surface area contributed by atoms with Crippen LogP contribution >= 0.6 is 0 Å². The zero-order chi connectivity index (χ0) is 10.8. The molecule has 1 aliphatic carbocycles. The van der Waals surface area contributed by atoms with E-state index in [1.807, 2.05) is 4.90 Å². The van der Waals surface area contributed by atoms with E-state index in [1.165, 1.54) is 0 Å². The van der Waals surface area contributed by atoms with Gasteiger partial charge in [0.05, 0.1) is 5.84 Å². The smallest absolute Gasteiger partial charge is 0.317 e. The van der Waals surface area contributed by atoms with Gasteiger partial charge in [-0.25, -0.2) is 4.79 Å². The number of nitrogens with one attached hydrogen (secondary N) is 2. The number of amides is 2. The molecular weight excluding hydrogens is 192 g/mol. The summed E-state index contributed by atoms with van der Waals surface area (Å²) in [4.78, 5) is 13.5. The van der Waals surface area contributed by atoms with E-state index in [4.69, 9.17) is 11.1 Å². The standard InChI is InChI=1S/C10H18N4O/c11-9(12)7-3-5-14(6-4-7)10(15)13-8-1-2-8/h7-8H,1-6H2,(H3,11,12)(H,13,15). The number of urea groups is 1. The summed E-state index contributed by atoms with van der Waals surface area (Å²) in [5, 5.41) is 10.3. The minimum Gasteiger partial charge on any atom is -0.387 e. The number of nitrogens with zero attached hydrogens (tertiary/aromatic N) is 1. The highest BCUT2D eigenvalue weighted by Gasteiger charge is 2.28. The van der Waals surface area contributed by atoms with E-state index in [1.54, 1.807) is 0 Å². The summed E-state index contributed by atoms with van der Waals surface area (Å²) in [6.07, 6.45) is 3.89. The number of carbonyl (C=O) groups is 1. The Morgan fingerprint density at radius 2 is 1.87 bits per heavy atom. The second-order valence-electron chi connectivity index (χ2n) is 4.44. The van der Waals surface area contributed by atoms with Crippen LogP contribution in [-0.4, -0.2) is 35.9 Å². The average Bonchev–Trinajstić information content (AvgIpc) is 3.02. The van der Waals surface area contributed by atoms with Gasteiger partial charge >= 0.3 is 6.03 Å². The third kappa shape index (κ3) is 2.61. The summed E-state index contributed by atoms with van der Waals surface area (Å²) >= 11 is 0. The average molecular weight is 210 g/mol. The molecular formula is C10H18N4O. The maximum absolute atomic E-state index is 11.7. The first-order valence-corrected chi connectivity index (χ1v) is 5.56. The third-order valence-corrected chi connectivity index (χ3v) is 3.13. The van der Waals surface area contributed by atoms with Crippen molar-refractivity contribution < 1.29 is 4.79 Å². The van der Waals surface area contributed by atoms with Gasteiger partial charge in [0, 0.05) is 25.0 Å². The van der Waals surface area contributed by atoms with E-state index < -0.39 is 0 Å². The topological polar surface area (TPSA) is 82.2 Å². The predicted octanol–water partition coefficient (Wildman–Crippen LogP) is 0.506. The molecule has 2 aliphatic rings. The summed E-state index contributed by atoms with van der Waals surface area (Å²) in [6.45, 7) is 1.45. The predicted molar refractivity (Wildman–Crippen MR) is 57.8 cm³/mol. The SMILES string of the molecule is N=C(N)C1CCN(C(=O)NC2CC2)CC1. The van der Waals surface area contributed by atoms with Crippen molar-refractivity contribution in [3.05, 3.63) is 0 Å². The summed E-state index contributed by atoms with van der Waals surface area (Å²) in [7, 11) is 0. The molecule has 0 spiro atoms. The fourth-order valence-corrected chi connectivity index (χ4v) is 1.89. The molecule has 0 aromatic carbocycles. The zero-order valence-corrected chi connectivity index (χ0v) is 8.83. The molecule has 5 nitrogen and oxygen atoms in total. The Bertz CT molecular complexity index is 267. The van der Waals surface area contributed by atoms with E-state index in [9.17, 15) is 4.79 Å². The van der Waals surface area contributed by atoms with Gasteiger partial charge in [-0.1, -0.05) is 0 Å². The van der Waals surface area contributed by atoms with E-state index >= 15 is 0 Å². The number of hydrogen-bond donors (Lipinski definition) is 3. The lowest BCUT2D eigenvalue weighted by Crippen LogP contribution is -2.46. The van der Waals surface area contributed by atoms with Crippen molar-refractivity contribution in [2.75, 3.05) is 13.1 Å². The number of piperidine rings is 1. The van der Waals surface area contributed by atoms with Crippen molar-refractivity contribution in [3.63, 3.8) is 0 Å². The molecule has 5 heteroatoms. The highest BCUT2D eigenvalue weighted by molar-refractivity contribution is 5.80. The molecule has 1 heterocycles. The molecule has 0 bridgehead atoms.